The second kappa shape index (κ2) is 8.35. The molecule has 1 aliphatic rings. The summed E-state index contributed by atoms with van der Waals surface area (Å²) in [6.07, 6.45) is 5.51. The maximum atomic E-state index is 13.1. The standard InChI is InChI=1S/C22H28N2O3S/c1-17-12-14-20(15-13-17)24(3)28(26,27)21-11-7-8-18(16-21)22(25)23(2)19-9-5-4-6-10-19/h7-8,11-16,19H,4-6,9-10H2,1-3H3. The zero-order valence-corrected chi connectivity index (χ0v) is 17.6. The number of benzene rings is 2. The molecule has 0 aromatic heterocycles. The van der Waals surface area contributed by atoms with Crippen LogP contribution in [0.1, 0.15) is 48.0 Å². The van der Waals surface area contributed by atoms with Crippen molar-refractivity contribution in [3.05, 3.63) is 59.7 Å². The van der Waals surface area contributed by atoms with Crippen molar-refractivity contribution in [1.29, 1.82) is 0 Å². The van der Waals surface area contributed by atoms with Crippen LogP contribution in [0.15, 0.2) is 53.4 Å². The van der Waals surface area contributed by atoms with Crippen molar-refractivity contribution in [3.63, 3.8) is 0 Å². The van der Waals surface area contributed by atoms with Gasteiger partial charge < -0.3 is 4.90 Å². The molecule has 0 unspecified atom stereocenters. The van der Waals surface area contributed by atoms with E-state index in [0.717, 1.165) is 31.2 Å². The number of anilines is 1. The smallest absolute Gasteiger partial charge is 0.264 e. The van der Waals surface area contributed by atoms with Crippen LogP contribution in [0, 0.1) is 6.92 Å². The lowest BCUT2D eigenvalue weighted by Crippen LogP contribution is -2.38. The van der Waals surface area contributed by atoms with E-state index in [1.165, 1.54) is 29.9 Å². The zero-order valence-electron chi connectivity index (χ0n) is 16.8. The Labute approximate surface area is 168 Å². The van der Waals surface area contributed by atoms with E-state index in [1.807, 2.05) is 26.1 Å². The Bertz CT molecular complexity index is 933. The van der Waals surface area contributed by atoms with Crippen molar-refractivity contribution in [2.45, 2.75) is 50.0 Å². The Morgan fingerprint density at radius 2 is 1.61 bits per heavy atom. The van der Waals surface area contributed by atoms with Gasteiger partial charge in [-0.3, -0.25) is 9.10 Å². The molecule has 0 N–H and O–H groups in total. The van der Waals surface area contributed by atoms with Gasteiger partial charge in [-0.15, -0.1) is 0 Å². The molecule has 2 aromatic rings. The molecule has 0 radical (unpaired) electrons. The van der Waals surface area contributed by atoms with Crippen molar-refractivity contribution >= 4 is 21.6 Å². The normalized spacial score (nSPS) is 15.2. The number of carbonyl (C=O) groups is 1. The van der Waals surface area contributed by atoms with E-state index in [4.69, 9.17) is 0 Å². The summed E-state index contributed by atoms with van der Waals surface area (Å²) in [6.45, 7) is 1.95. The van der Waals surface area contributed by atoms with E-state index in [0.29, 0.717) is 11.3 Å². The third-order valence-electron chi connectivity index (χ3n) is 5.58. The molecular formula is C22H28N2O3S. The summed E-state index contributed by atoms with van der Waals surface area (Å²) in [5.41, 5.74) is 2.06. The monoisotopic (exact) mass is 400 g/mol. The second-order valence-electron chi connectivity index (χ2n) is 7.54. The van der Waals surface area contributed by atoms with Crippen LogP contribution in [-0.2, 0) is 10.0 Å². The lowest BCUT2D eigenvalue weighted by atomic mass is 9.94. The topological polar surface area (TPSA) is 57.7 Å². The van der Waals surface area contributed by atoms with Gasteiger partial charge in [0.25, 0.3) is 15.9 Å². The van der Waals surface area contributed by atoms with Gasteiger partial charge in [0.05, 0.1) is 10.6 Å². The maximum absolute atomic E-state index is 13.1. The number of hydrogen-bond acceptors (Lipinski definition) is 3. The van der Waals surface area contributed by atoms with Gasteiger partial charge in [-0.1, -0.05) is 43.0 Å². The second-order valence-corrected chi connectivity index (χ2v) is 9.51. The Hall–Kier alpha value is -2.34. The molecule has 0 bridgehead atoms. The Morgan fingerprint density at radius 1 is 0.964 bits per heavy atom. The van der Waals surface area contributed by atoms with Crippen LogP contribution in [0.5, 0.6) is 0 Å². The maximum Gasteiger partial charge on any atom is 0.264 e. The van der Waals surface area contributed by atoms with Crippen molar-refractivity contribution in [2.75, 3.05) is 18.4 Å². The van der Waals surface area contributed by atoms with Gasteiger partial charge in [-0.05, 0) is 50.1 Å². The van der Waals surface area contributed by atoms with E-state index in [2.05, 4.69) is 0 Å². The molecule has 1 amide bonds. The minimum absolute atomic E-state index is 0.123. The van der Waals surface area contributed by atoms with Crippen molar-refractivity contribution in [2.24, 2.45) is 0 Å². The fourth-order valence-corrected chi connectivity index (χ4v) is 4.92. The van der Waals surface area contributed by atoms with E-state index < -0.39 is 10.0 Å². The molecule has 2 aromatic carbocycles. The number of carbonyl (C=O) groups excluding carboxylic acids is 1. The van der Waals surface area contributed by atoms with Gasteiger partial charge in [0.2, 0.25) is 0 Å². The number of nitrogens with zero attached hydrogens (tertiary/aromatic N) is 2. The van der Waals surface area contributed by atoms with E-state index in [9.17, 15) is 13.2 Å². The number of amides is 1. The molecule has 0 heterocycles. The third kappa shape index (κ3) is 4.22. The fourth-order valence-electron chi connectivity index (χ4n) is 3.68. The van der Waals surface area contributed by atoms with Gasteiger partial charge in [-0.2, -0.15) is 0 Å². The molecule has 3 rings (SSSR count). The molecule has 0 atom stereocenters. The summed E-state index contributed by atoms with van der Waals surface area (Å²) < 4.78 is 27.4. The summed E-state index contributed by atoms with van der Waals surface area (Å²) in [7, 11) is -0.401. The van der Waals surface area contributed by atoms with Crippen molar-refractivity contribution in [3.8, 4) is 0 Å². The number of hydrogen-bond donors (Lipinski definition) is 0. The van der Waals surface area contributed by atoms with Crippen molar-refractivity contribution < 1.29 is 13.2 Å². The number of sulfonamides is 1. The summed E-state index contributed by atoms with van der Waals surface area (Å²) in [5.74, 6) is -0.123. The lowest BCUT2D eigenvalue weighted by molar-refractivity contribution is 0.0696. The Balaban J connectivity index is 1.85. The van der Waals surface area contributed by atoms with E-state index >= 15 is 0 Å². The van der Waals surface area contributed by atoms with Crippen LogP contribution >= 0.6 is 0 Å². The predicted octanol–water partition coefficient (Wildman–Crippen LogP) is 4.22. The lowest BCUT2D eigenvalue weighted by Gasteiger charge is -2.31. The summed E-state index contributed by atoms with van der Waals surface area (Å²) in [6, 6.07) is 13.9. The minimum Gasteiger partial charge on any atom is -0.339 e. The Morgan fingerprint density at radius 3 is 2.25 bits per heavy atom. The molecule has 5 nitrogen and oxygen atoms in total. The highest BCUT2D eigenvalue weighted by Gasteiger charge is 2.26. The van der Waals surface area contributed by atoms with E-state index in [1.54, 1.807) is 29.2 Å². The molecule has 0 saturated heterocycles. The molecular weight excluding hydrogens is 372 g/mol. The van der Waals surface area contributed by atoms with E-state index in [-0.39, 0.29) is 16.8 Å². The third-order valence-corrected chi connectivity index (χ3v) is 7.36. The molecule has 1 fully saturated rings. The minimum atomic E-state index is -3.75. The van der Waals surface area contributed by atoms with Crippen LogP contribution in [0.3, 0.4) is 0 Å². The highest BCUT2D eigenvalue weighted by Crippen LogP contribution is 2.25. The van der Waals surface area contributed by atoms with Crippen LogP contribution in [-0.4, -0.2) is 39.4 Å². The summed E-state index contributed by atoms with van der Waals surface area (Å²) in [4.78, 5) is 14.8. The summed E-state index contributed by atoms with van der Waals surface area (Å²) >= 11 is 0. The Kier molecular flexibility index (Phi) is 6.08. The average molecular weight is 401 g/mol. The first kappa shape index (κ1) is 20.4. The molecule has 1 saturated carbocycles. The summed E-state index contributed by atoms with van der Waals surface area (Å²) in [5, 5.41) is 0. The molecule has 1 aliphatic carbocycles. The highest BCUT2D eigenvalue weighted by molar-refractivity contribution is 7.92. The first-order valence-corrected chi connectivity index (χ1v) is 11.2. The SMILES string of the molecule is Cc1ccc(N(C)S(=O)(=O)c2cccc(C(=O)N(C)C3CCCCC3)c2)cc1. The van der Waals surface area contributed by atoms with Gasteiger partial charge in [0.1, 0.15) is 0 Å². The largest absolute Gasteiger partial charge is 0.339 e. The average Bonchev–Trinajstić information content (AvgIpc) is 2.73. The first-order valence-electron chi connectivity index (χ1n) is 9.73. The number of rotatable bonds is 5. The molecule has 6 heteroatoms. The van der Waals surface area contributed by atoms with Crippen LogP contribution in [0.2, 0.25) is 0 Å². The van der Waals surface area contributed by atoms with Crippen LogP contribution in [0.25, 0.3) is 0 Å². The number of aryl methyl sites for hydroxylation is 1. The van der Waals surface area contributed by atoms with Gasteiger partial charge in [0, 0.05) is 25.7 Å². The van der Waals surface area contributed by atoms with Crippen LogP contribution in [0.4, 0.5) is 5.69 Å². The fraction of sp³-hybridized carbons (Fsp3) is 0.409. The van der Waals surface area contributed by atoms with Crippen molar-refractivity contribution in [1.82, 2.24) is 4.90 Å². The first-order chi connectivity index (χ1) is 13.3. The quantitative estimate of drug-likeness (QED) is 0.755. The van der Waals surface area contributed by atoms with Crippen LogP contribution < -0.4 is 4.31 Å². The molecule has 0 spiro atoms. The van der Waals surface area contributed by atoms with Gasteiger partial charge >= 0.3 is 0 Å². The molecule has 28 heavy (non-hydrogen) atoms. The molecule has 150 valence electrons. The van der Waals surface area contributed by atoms with Gasteiger partial charge in [0.15, 0.2) is 0 Å². The van der Waals surface area contributed by atoms with Gasteiger partial charge in [-0.25, -0.2) is 8.42 Å². The predicted molar refractivity (Wildman–Crippen MR) is 112 cm³/mol. The highest BCUT2D eigenvalue weighted by atomic mass is 32.2. The molecule has 0 aliphatic heterocycles. The zero-order chi connectivity index (χ0) is 20.3.